The molecule has 3 N–H and O–H groups in total. The largest absolute Gasteiger partial charge is 0.493 e. The number of thioether (sulfide) groups is 1. The molecule has 5 nitrogen and oxygen atoms in total. The molecule has 0 aliphatic rings. The van der Waals surface area contributed by atoms with Crippen molar-refractivity contribution in [1.29, 1.82) is 0 Å². The van der Waals surface area contributed by atoms with E-state index in [0.717, 1.165) is 34.6 Å². The quantitative estimate of drug-likeness (QED) is 0.498. The summed E-state index contributed by atoms with van der Waals surface area (Å²) in [6.07, 6.45) is 2.98. The molecule has 2 rings (SSSR count). The topological polar surface area (TPSA) is 71.0 Å². The molecule has 154 valence electrons. The maximum Gasteiger partial charge on any atom is 0.160 e. The van der Waals surface area contributed by atoms with Crippen molar-refractivity contribution in [2.45, 2.75) is 42.8 Å². The highest BCUT2D eigenvalue weighted by atomic mass is 32.2. The van der Waals surface area contributed by atoms with Crippen LogP contribution in [0.4, 0.5) is 0 Å². The maximum atomic E-state index is 10.6. The van der Waals surface area contributed by atoms with Crippen LogP contribution in [0.2, 0.25) is 0 Å². The normalized spacial score (nSPS) is 14.4. The van der Waals surface area contributed by atoms with Crippen LogP contribution in [0.15, 0.2) is 47.4 Å². The van der Waals surface area contributed by atoms with Crippen LogP contribution in [0.5, 0.6) is 11.5 Å². The zero-order chi connectivity index (χ0) is 20.5. The highest BCUT2D eigenvalue weighted by Crippen LogP contribution is 2.28. The molecule has 0 heterocycles. The molecule has 3 atom stereocenters. The fraction of sp³-hybridized carbons (Fsp3) is 0.455. The lowest BCUT2D eigenvalue weighted by Crippen LogP contribution is -2.43. The van der Waals surface area contributed by atoms with Crippen molar-refractivity contribution >= 4 is 11.8 Å². The number of rotatable bonds is 11. The molecule has 0 amide bonds. The summed E-state index contributed by atoms with van der Waals surface area (Å²) in [7, 11) is 3.25. The average Bonchev–Trinajstić information content (AvgIpc) is 2.75. The Kier molecular flexibility index (Phi) is 9.12. The summed E-state index contributed by atoms with van der Waals surface area (Å²) >= 11 is 1.66. The summed E-state index contributed by atoms with van der Waals surface area (Å²) in [6.45, 7) is 1.93. The summed E-state index contributed by atoms with van der Waals surface area (Å²) < 4.78 is 10.6. The molecule has 0 fully saturated rings. The van der Waals surface area contributed by atoms with Crippen molar-refractivity contribution in [3.8, 4) is 11.5 Å². The lowest BCUT2D eigenvalue weighted by molar-refractivity contribution is 0.0838. The second-order valence-corrected chi connectivity index (χ2v) is 7.68. The van der Waals surface area contributed by atoms with Crippen LogP contribution in [0.1, 0.15) is 30.6 Å². The second kappa shape index (κ2) is 11.3. The van der Waals surface area contributed by atoms with E-state index in [2.05, 4.69) is 12.2 Å². The lowest BCUT2D eigenvalue weighted by Gasteiger charge is -2.26. The molecule has 28 heavy (non-hydrogen) atoms. The number of aliphatic hydroxyl groups excluding tert-OH is 2. The van der Waals surface area contributed by atoms with Crippen LogP contribution in [0.3, 0.4) is 0 Å². The molecule has 0 radical (unpaired) electrons. The minimum atomic E-state index is -0.760. The molecule has 0 spiro atoms. The van der Waals surface area contributed by atoms with Gasteiger partial charge in [0, 0.05) is 10.9 Å². The number of methoxy groups -OCH3 is 2. The smallest absolute Gasteiger partial charge is 0.160 e. The first kappa shape index (κ1) is 22.6. The molecule has 0 aliphatic heterocycles. The van der Waals surface area contributed by atoms with E-state index in [1.165, 1.54) is 0 Å². The molecule has 0 aliphatic carbocycles. The Morgan fingerprint density at radius 3 is 2.29 bits per heavy atom. The highest BCUT2D eigenvalue weighted by molar-refractivity contribution is 7.98. The molecule has 0 saturated heterocycles. The molecule has 1 unspecified atom stereocenters. The molecule has 2 aromatic carbocycles. The first-order valence-corrected chi connectivity index (χ1v) is 10.6. The Balaban J connectivity index is 1.93. The third-order valence-electron chi connectivity index (χ3n) is 4.85. The Bertz CT molecular complexity index is 723. The lowest BCUT2D eigenvalue weighted by atomic mass is 10.0. The van der Waals surface area contributed by atoms with E-state index in [9.17, 15) is 10.2 Å². The molecule has 2 aromatic rings. The van der Waals surface area contributed by atoms with Crippen molar-refractivity contribution in [1.82, 2.24) is 5.32 Å². The van der Waals surface area contributed by atoms with Gasteiger partial charge in [0.15, 0.2) is 11.5 Å². The van der Waals surface area contributed by atoms with E-state index in [1.807, 2.05) is 48.7 Å². The van der Waals surface area contributed by atoms with Crippen molar-refractivity contribution in [2.75, 3.05) is 27.1 Å². The Hall–Kier alpha value is -1.73. The van der Waals surface area contributed by atoms with E-state index >= 15 is 0 Å². The third-order valence-corrected chi connectivity index (χ3v) is 5.59. The minimum absolute atomic E-state index is 0.130. The summed E-state index contributed by atoms with van der Waals surface area (Å²) in [5, 5.41) is 23.8. The summed E-state index contributed by atoms with van der Waals surface area (Å²) in [5.74, 6) is 1.44. The SMILES string of the molecule is COc1ccc(CCC(C)N[C@@H](CO)[C@@H](O)c2ccc(SC)cc2)cc1OC. The van der Waals surface area contributed by atoms with Gasteiger partial charge in [0.1, 0.15) is 0 Å². The van der Waals surface area contributed by atoms with Crippen LogP contribution in [0, 0.1) is 0 Å². The van der Waals surface area contributed by atoms with Crippen molar-refractivity contribution in [3.05, 3.63) is 53.6 Å². The van der Waals surface area contributed by atoms with Crippen LogP contribution in [-0.2, 0) is 6.42 Å². The fourth-order valence-corrected chi connectivity index (χ4v) is 3.55. The molecule has 0 bridgehead atoms. The molecular formula is C22H31NO4S. The van der Waals surface area contributed by atoms with Gasteiger partial charge in [0.05, 0.1) is 33.0 Å². The number of aliphatic hydroxyl groups is 2. The van der Waals surface area contributed by atoms with E-state index in [4.69, 9.17) is 9.47 Å². The van der Waals surface area contributed by atoms with Gasteiger partial charge in [-0.15, -0.1) is 11.8 Å². The number of benzene rings is 2. The maximum absolute atomic E-state index is 10.6. The second-order valence-electron chi connectivity index (χ2n) is 6.80. The van der Waals surface area contributed by atoms with Crippen LogP contribution in [-0.4, -0.2) is 49.4 Å². The van der Waals surface area contributed by atoms with Crippen LogP contribution in [0.25, 0.3) is 0 Å². The average molecular weight is 406 g/mol. The summed E-state index contributed by atoms with van der Waals surface area (Å²) in [5.41, 5.74) is 1.96. The molecular weight excluding hydrogens is 374 g/mol. The van der Waals surface area contributed by atoms with Crippen molar-refractivity contribution in [2.24, 2.45) is 0 Å². The molecule has 0 saturated carbocycles. The van der Waals surface area contributed by atoms with Gasteiger partial charge in [0.2, 0.25) is 0 Å². The van der Waals surface area contributed by atoms with E-state index < -0.39 is 12.1 Å². The van der Waals surface area contributed by atoms with E-state index in [1.54, 1.807) is 26.0 Å². The van der Waals surface area contributed by atoms with Gasteiger partial charge in [0.25, 0.3) is 0 Å². The van der Waals surface area contributed by atoms with Gasteiger partial charge in [-0.1, -0.05) is 18.2 Å². The standard InChI is InChI=1S/C22H31NO4S/c1-15(5-6-16-7-12-20(26-2)21(13-16)27-3)23-19(14-24)22(25)17-8-10-18(28-4)11-9-17/h7-13,15,19,22-25H,5-6,14H2,1-4H3/t15?,19-,22-/m0/s1. The summed E-state index contributed by atoms with van der Waals surface area (Å²) in [6, 6.07) is 13.4. The number of hydrogen-bond donors (Lipinski definition) is 3. The van der Waals surface area contributed by atoms with E-state index in [0.29, 0.717) is 5.75 Å². The zero-order valence-electron chi connectivity index (χ0n) is 17.0. The zero-order valence-corrected chi connectivity index (χ0v) is 17.8. The van der Waals surface area contributed by atoms with Gasteiger partial charge < -0.3 is 25.0 Å². The number of nitrogens with one attached hydrogen (secondary N) is 1. The minimum Gasteiger partial charge on any atom is -0.493 e. The van der Waals surface area contributed by atoms with Gasteiger partial charge in [-0.05, 0) is 61.4 Å². The third kappa shape index (κ3) is 6.14. The Morgan fingerprint density at radius 1 is 1.04 bits per heavy atom. The predicted molar refractivity (Wildman–Crippen MR) is 115 cm³/mol. The first-order valence-electron chi connectivity index (χ1n) is 9.42. The van der Waals surface area contributed by atoms with Gasteiger partial charge in [-0.25, -0.2) is 0 Å². The Morgan fingerprint density at radius 2 is 1.71 bits per heavy atom. The van der Waals surface area contributed by atoms with Crippen LogP contribution < -0.4 is 14.8 Å². The van der Waals surface area contributed by atoms with Gasteiger partial charge >= 0.3 is 0 Å². The summed E-state index contributed by atoms with van der Waals surface area (Å²) in [4.78, 5) is 1.15. The van der Waals surface area contributed by atoms with Gasteiger partial charge in [-0.2, -0.15) is 0 Å². The first-order chi connectivity index (χ1) is 13.5. The number of hydrogen-bond acceptors (Lipinski definition) is 6. The Labute approximate surface area is 172 Å². The van der Waals surface area contributed by atoms with Gasteiger partial charge in [-0.3, -0.25) is 0 Å². The molecule has 6 heteroatoms. The van der Waals surface area contributed by atoms with Crippen molar-refractivity contribution in [3.63, 3.8) is 0 Å². The molecule has 0 aromatic heterocycles. The fourth-order valence-electron chi connectivity index (χ4n) is 3.15. The monoisotopic (exact) mass is 405 g/mol. The number of aryl methyl sites for hydroxylation is 1. The van der Waals surface area contributed by atoms with Crippen molar-refractivity contribution < 1.29 is 19.7 Å². The highest BCUT2D eigenvalue weighted by Gasteiger charge is 2.22. The van der Waals surface area contributed by atoms with E-state index in [-0.39, 0.29) is 12.6 Å². The van der Waals surface area contributed by atoms with Crippen LogP contribution >= 0.6 is 11.8 Å². The predicted octanol–water partition coefficient (Wildman–Crippen LogP) is 3.43. The number of ether oxygens (including phenoxy) is 2.